The van der Waals surface area contributed by atoms with Crippen LogP contribution in [0.3, 0.4) is 0 Å². The van der Waals surface area contributed by atoms with E-state index < -0.39 is 5.60 Å². The van der Waals surface area contributed by atoms with Crippen LogP contribution in [-0.2, 0) is 9.47 Å². The molecule has 0 aromatic carbocycles. The van der Waals surface area contributed by atoms with Crippen molar-refractivity contribution in [2.24, 2.45) is 5.92 Å². The Labute approximate surface area is 152 Å². The fourth-order valence-electron chi connectivity index (χ4n) is 2.90. The molecule has 1 aromatic heterocycles. The number of ether oxygens (including phenoxy) is 2. The summed E-state index contributed by atoms with van der Waals surface area (Å²) in [6, 6.07) is 5.55. The molecule has 1 unspecified atom stereocenters. The first-order valence-corrected chi connectivity index (χ1v) is 9.12. The molecule has 2 heterocycles. The number of pyridine rings is 1. The fourth-order valence-corrected chi connectivity index (χ4v) is 3.23. The molecule has 2 rings (SSSR count). The summed E-state index contributed by atoms with van der Waals surface area (Å²) >= 11 is 3.37. The van der Waals surface area contributed by atoms with Gasteiger partial charge >= 0.3 is 6.09 Å². The first kappa shape index (κ1) is 19.2. The summed E-state index contributed by atoms with van der Waals surface area (Å²) in [7, 11) is 0. The second kappa shape index (κ2) is 7.40. The molecule has 1 aliphatic heterocycles. The van der Waals surface area contributed by atoms with E-state index in [0.29, 0.717) is 29.5 Å². The quantitative estimate of drug-likeness (QED) is 0.686. The van der Waals surface area contributed by atoms with Gasteiger partial charge in [-0.2, -0.15) is 0 Å². The van der Waals surface area contributed by atoms with E-state index in [2.05, 4.69) is 34.8 Å². The Kier molecular flexibility index (Phi) is 5.91. The molecule has 1 atom stereocenters. The molecule has 0 saturated carbocycles. The molecular weight excluding hydrogens is 372 g/mol. The number of aromatic nitrogens is 1. The third kappa shape index (κ3) is 5.74. The van der Waals surface area contributed by atoms with Crippen molar-refractivity contribution < 1.29 is 14.3 Å². The van der Waals surface area contributed by atoms with E-state index in [-0.39, 0.29) is 11.7 Å². The van der Waals surface area contributed by atoms with Crippen LogP contribution >= 0.6 is 15.9 Å². The number of carbonyl (C=O) groups excluding carboxylic acids is 1. The largest absolute Gasteiger partial charge is 0.443 e. The number of hydrogen-bond acceptors (Lipinski definition) is 4. The summed E-state index contributed by atoms with van der Waals surface area (Å²) in [5.41, 5.74) is -0.705. The summed E-state index contributed by atoms with van der Waals surface area (Å²) in [4.78, 5) is 18.8. The van der Waals surface area contributed by atoms with Gasteiger partial charge in [-0.3, -0.25) is 4.90 Å². The van der Waals surface area contributed by atoms with Crippen LogP contribution in [0.2, 0.25) is 0 Å². The van der Waals surface area contributed by atoms with Gasteiger partial charge < -0.3 is 9.47 Å². The Morgan fingerprint density at radius 3 is 2.75 bits per heavy atom. The van der Waals surface area contributed by atoms with Crippen LogP contribution < -0.4 is 4.90 Å². The normalized spacial score (nSPS) is 20.5. The zero-order valence-electron chi connectivity index (χ0n) is 15.1. The Balaban J connectivity index is 2.21. The smallest absolute Gasteiger partial charge is 0.416 e. The van der Waals surface area contributed by atoms with Gasteiger partial charge in [0.2, 0.25) is 0 Å². The lowest BCUT2D eigenvalue weighted by atomic mass is 9.88. The summed E-state index contributed by atoms with van der Waals surface area (Å²) in [5.74, 6) is 0.949. The highest BCUT2D eigenvalue weighted by Crippen LogP contribution is 2.30. The highest BCUT2D eigenvalue weighted by molar-refractivity contribution is 9.10. The minimum atomic E-state index is -0.545. The van der Waals surface area contributed by atoms with E-state index in [1.807, 2.05) is 39.0 Å². The highest BCUT2D eigenvalue weighted by Gasteiger charge is 2.33. The van der Waals surface area contributed by atoms with Crippen molar-refractivity contribution in [2.45, 2.75) is 58.7 Å². The molecular formula is C18H27BrN2O3. The van der Waals surface area contributed by atoms with E-state index >= 15 is 0 Å². The van der Waals surface area contributed by atoms with Crippen molar-refractivity contribution in [1.29, 1.82) is 0 Å². The van der Waals surface area contributed by atoms with Crippen molar-refractivity contribution in [3.05, 3.63) is 22.8 Å². The van der Waals surface area contributed by atoms with Crippen LogP contribution in [0.4, 0.5) is 10.6 Å². The zero-order valence-corrected chi connectivity index (χ0v) is 16.7. The molecule has 1 amide bonds. The third-order valence-electron chi connectivity index (χ3n) is 3.83. The third-order valence-corrected chi connectivity index (χ3v) is 4.27. The Morgan fingerprint density at radius 1 is 1.46 bits per heavy atom. The molecule has 0 aliphatic carbocycles. The molecule has 24 heavy (non-hydrogen) atoms. The predicted octanol–water partition coefficient (Wildman–Crippen LogP) is 4.79. The molecule has 6 heteroatoms. The maximum Gasteiger partial charge on any atom is 0.416 e. The number of nitrogens with zero attached hydrogens (tertiary/aromatic N) is 2. The standard InChI is InChI=1S/C18H27BrN2O3/c1-17(2,3)24-16(22)21(15-8-6-7-14(19)20-15)12-13-9-10-23-18(4,5)11-13/h6-8,13H,9-12H2,1-5H3. The van der Waals surface area contributed by atoms with Crippen LogP contribution in [0.5, 0.6) is 0 Å². The van der Waals surface area contributed by atoms with Gasteiger partial charge in [-0.05, 0) is 81.4 Å². The zero-order chi connectivity index (χ0) is 18.0. The SMILES string of the molecule is CC(C)(C)OC(=O)N(CC1CCOC(C)(C)C1)c1cccc(Br)n1. The second-order valence-electron chi connectivity index (χ2n) is 7.88. The minimum absolute atomic E-state index is 0.160. The number of amides is 1. The molecule has 1 fully saturated rings. The first-order chi connectivity index (χ1) is 11.1. The summed E-state index contributed by atoms with van der Waals surface area (Å²) in [6.45, 7) is 11.1. The van der Waals surface area contributed by atoms with Crippen LogP contribution in [0.15, 0.2) is 22.8 Å². The molecule has 0 spiro atoms. The van der Waals surface area contributed by atoms with Crippen molar-refractivity contribution in [3.63, 3.8) is 0 Å². The lowest BCUT2D eigenvalue weighted by molar-refractivity contribution is -0.0710. The van der Waals surface area contributed by atoms with Gasteiger partial charge in [-0.25, -0.2) is 9.78 Å². The van der Waals surface area contributed by atoms with E-state index in [1.54, 1.807) is 4.90 Å². The number of hydrogen-bond donors (Lipinski definition) is 0. The van der Waals surface area contributed by atoms with Crippen LogP contribution in [-0.4, -0.2) is 35.4 Å². The topological polar surface area (TPSA) is 51.7 Å². The van der Waals surface area contributed by atoms with E-state index in [9.17, 15) is 4.79 Å². The van der Waals surface area contributed by atoms with Gasteiger partial charge in [-0.15, -0.1) is 0 Å². The van der Waals surface area contributed by atoms with Crippen LogP contribution in [0.25, 0.3) is 0 Å². The lowest BCUT2D eigenvalue weighted by Gasteiger charge is -2.37. The van der Waals surface area contributed by atoms with Crippen LogP contribution in [0, 0.1) is 5.92 Å². The van der Waals surface area contributed by atoms with Gasteiger partial charge in [-0.1, -0.05) is 6.07 Å². The molecule has 0 N–H and O–H groups in total. The highest BCUT2D eigenvalue weighted by atomic mass is 79.9. The number of halogens is 1. The van der Waals surface area contributed by atoms with Crippen molar-refractivity contribution >= 4 is 27.8 Å². The lowest BCUT2D eigenvalue weighted by Crippen LogP contribution is -2.44. The summed E-state index contributed by atoms with van der Waals surface area (Å²) in [5, 5.41) is 0. The van der Waals surface area contributed by atoms with Crippen molar-refractivity contribution in [3.8, 4) is 0 Å². The molecule has 1 aromatic rings. The Morgan fingerprint density at radius 2 is 2.17 bits per heavy atom. The average Bonchev–Trinajstić information content (AvgIpc) is 2.41. The van der Waals surface area contributed by atoms with E-state index in [4.69, 9.17) is 9.47 Å². The number of anilines is 1. The predicted molar refractivity (Wildman–Crippen MR) is 98.3 cm³/mol. The molecule has 0 radical (unpaired) electrons. The van der Waals surface area contributed by atoms with E-state index in [0.717, 1.165) is 12.8 Å². The van der Waals surface area contributed by atoms with Gasteiger partial charge in [0.15, 0.2) is 0 Å². The Bertz CT molecular complexity index is 584. The number of rotatable bonds is 3. The van der Waals surface area contributed by atoms with Gasteiger partial charge in [0.1, 0.15) is 16.0 Å². The maximum atomic E-state index is 12.7. The molecule has 1 aliphatic rings. The molecule has 0 bridgehead atoms. The molecule has 5 nitrogen and oxygen atoms in total. The van der Waals surface area contributed by atoms with Gasteiger partial charge in [0.05, 0.1) is 5.60 Å². The molecule has 1 saturated heterocycles. The van der Waals surface area contributed by atoms with E-state index in [1.165, 1.54) is 0 Å². The Hall–Kier alpha value is -1.14. The monoisotopic (exact) mass is 398 g/mol. The number of carbonyl (C=O) groups is 1. The fraction of sp³-hybridized carbons (Fsp3) is 0.667. The summed E-state index contributed by atoms with van der Waals surface area (Å²) < 4.78 is 12.1. The summed E-state index contributed by atoms with van der Waals surface area (Å²) in [6.07, 6.45) is 1.47. The van der Waals surface area contributed by atoms with Crippen molar-refractivity contribution in [1.82, 2.24) is 4.98 Å². The van der Waals surface area contributed by atoms with Gasteiger partial charge in [0.25, 0.3) is 0 Å². The van der Waals surface area contributed by atoms with Gasteiger partial charge in [0, 0.05) is 13.2 Å². The first-order valence-electron chi connectivity index (χ1n) is 8.33. The van der Waals surface area contributed by atoms with Crippen LogP contribution in [0.1, 0.15) is 47.5 Å². The van der Waals surface area contributed by atoms with Crippen molar-refractivity contribution in [2.75, 3.05) is 18.1 Å². The average molecular weight is 399 g/mol. The minimum Gasteiger partial charge on any atom is -0.443 e. The second-order valence-corrected chi connectivity index (χ2v) is 8.69. The molecule has 134 valence electrons. The maximum absolute atomic E-state index is 12.7.